The summed E-state index contributed by atoms with van der Waals surface area (Å²) in [5.74, 6) is 0. The van der Waals surface area contributed by atoms with Gasteiger partial charge in [-0.05, 0) is 50.1 Å². The van der Waals surface area contributed by atoms with Gasteiger partial charge >= 0.3 is 0 Å². The summed E-state index contributed by atoms with van der Waals surface area (Å²) in [4.78, 5) is 1.22. The quantitative estimate of drug-likeness (QED) is 0.770. The minimum Gasteiger partial charge on any atom is -0.207 e. The van der Waals surface area contributed by atoms with Crippen LogP contribution >= 0.6 is 11.3 Å². The first-order valence-electron chi connectivity index (χ1n) is 8.26. The van der Waals surface area contributed by atoms with Crippen LogP contribution in [0, 0.1) is 20.8 Å². The summed E-state index contributed by atoms with van der Waals surface area (Å²) in [6.07, 6.45) is 0. The Kier molecular flexibility index (Phi) is 5.28. The Morgan fingerprint density at radius 3 is 1.92 bits per heavy atom. The van der Waals surface area contributed by atoms with E-state index in [1.807, 2.05) is 19.9 Å². The molecule has 1 aromatic heterocycles. The summed E-state index contributed by atoms with van der Waals surface area (Å²) in [5, 5.41) is 0. The zero-order valence-electron chi connectivity index (χ0n) is 15.0. The fourth-order valence-corrected chi connectivity index (χ4v) is 7.54. The van der Waals surface area contributed by atoms with Gasteiger partial charge in [0, 0.05) is 31.1 Å². The molecule has 2 aromatic rings. The lowest BCUT2D eigenvalue weighted by molar-refractivity contribution is 0.273. The average Bonchev–Trinajstić information content (AvgIpc) is 3.04. The van der Waals surface area contributed by atoms with E-state index in [1.165, 1.54) is 19.9 Å². The number of nitrogens with zero attached hydrogens (tertiary/aromatic N) is 2. The molecule has 0 N–H and O–H groups in total. The molecule has 0 atom stereocenters. The van der Waals surface area contributed by atoms with Gasteiger partial charge in [0.05, 0.1) is 4.90 Å². The van der Waals surface area contributed by atoms with E-state index >= 15 is 0 Å². The van der Waals surface area contributed by atoms with Crippen LogP contribution in [0.5, 0.6) is 0 Å². The molecule has 1 fully saturated rings. The molecule has 3 rings (SSSR count). The molecule has 1 aliphatic rings. The fraction of sp³-hybridized carbons (Fsp3) is 0.412. The molecule has 0 bridgehead atoms. The van der Waals surface area contributed by atoms with Gasteiger partial charge in [-0.1, -0.05) is 12.1 Å². The Labute approximate surface area is 159 Å². The first-order valence-corrected chi connectivity index (χ1v) is 12.0. The molecule has 1 aliphatic heterocycles. The van der Waals surface area contributed by atoms with E-state index in [4.69, 9.17) is 0 Å². The normalized spacial score (nSPS) is 17.5. The summed E-state index contributed by atoms with van der Waals surface area (Å²) in [7, 11) is -7.19. The minimum absolute atomic E-state index is 0.152. The van der Waals surface area contributed by atoms with Crippen LogP contribution in [0.2, 0.25) is 0 Å². The molecule has 26 heavy (non-hydrogen) atoms. The van der Waals surface area contributed by atoms with Crippen LogP contribution in [0.4, 0.5) is 0 Å². The lowest BCUT2D eigenvalue weighted by Crippen LogP contribution is -2.50. The lowest BCUT2D eigenvalue weighted by Gasteiger charge is -2.33. The van der Waals surface area contributed by atoms with Gasteiger partial charge in [-0.15, -0.1) is 11.3 Å². The summed E-state index contributed by atoms with van der Waals surface area (Å²) < 4.78 is 54.3. The monoisotopic (exact) mass is 414 g/mol. The van der Waals surface area contributed by atoms with Crippen molar-refractivity contribution >= 4 is 31.4 Å². The fourth-order valence-electron chi connectivity index (χ4n) is 2.95. The summed E-state index contributed by atoms with van der Waals surface area (Å²) in [6.45, 7) is 6.10. The molecule has 0 unspecified atom stereocenters. The molecule has 0 aliphatic carbocycles. The summed E-state index contributed by atoms with van der Waals surface area (Å²) in [6, 6.07) is 8.72. The molecular weight excluding hydrogens is 392 g/mol. The minimum atomic E-state index is -3.63. The Balaban J connectivity index is 1.79. The van der Waals surface area contributed by atoms with Gasteiger partial charge in [-0.25, -0.2) is 16.8 Å². The van der Waals surface area contributed by atoms with Gasteiger partial charge in [0.2, 0.25) is 10.0 Å². The highest BCUT2D eigenvalue weighted by molar-refractivity contribution is 7.91. The smallest absolute Gasteiger partial charge is 0.207 e. The van der Waals surface area contributed by atoms with E-state index < -0.39 is 20.0 Å². The van der Waals surface area contributed by atoms with Gasteiger partial charge < -0.3 is 0 Å². The molecule has 6 nitrogen and oxygen atoms in total. The first kappa shape index (κ1) is 19.5. The maximum absolute atomic E-state index is 12.9. The average molecular weight is 415 g/mol. The molecule has 0 spiro atoms. The van der Waals surface area contributed by atoms with E-state index in [9.17, 15) is 16.8 Å². The third-order valence-electron chi connectivity index (χ3n) is 4.47. The SMILES string of the molecule is Cc1ccc(C)c(S(=O)(=O)N2CCN(S(=O)(=O)c3ccc(C)s3)CC2)c1. The molecule has 0 amide bonds. The second-order valence-electron chi connectivity index (χ2n) is 6.44. The highest BCUT2D eigenvalue weighted by atomic mass is 32.2. The van der Waals surface area contributed by atoms with Crippen LogP contribution < -0.4 is 0 Å². The molecule has 0 radical (unpaired) electrons. The molecular formula is C17H22N2O4S3. The van der Waals surface area contributed by atoms with Crippen LogP contribution in [0.1, 0.15) is 16.0 Å². The topological polar surface area (TPSA) is 74.8 Å². The Morgan fingerprint density at radius 2 is 1.38 bits per heavy atom. The van der Waals surface area contributed by atoms with Gasteiger partial charge in [-0.2, -0.15) is 8.61 Å². The molecule has 2 heterocycles. The highest BCUT2D eigenvalue weighted by Crippen LogP contribution is 2.27. The second-order valence-corrected chi connectivity index (χ2v) is 11.8. The third-order valence-corrected chi connectivity index (χ3v) is 9.88. The van der Waals surface area contributed by atoms with Crippen molar-refractivity contribution in [1.82, 2.24) is 8.61 Å². The van der Waals surface area contributed by atoms with Gasteiger partial charge in [0.25, 0.3) is 10.0 Å². The van der Waals surface area contributed by atoms with E-state index in [1.54, 1.807) is 31.2 Å². The van der Waals surface area contributed by atoms with Crippen molar-refractivity contribution in [3.63, 3.8) is 0 Å². The van der Waals surface area contributed by atoms with Crippen molar-refractivity contribution in [2.45, 2.75) is 29.9 Å². The van der Waals surface area contributed by atoms with Gasteiger partial charge in [0.15, 0.2) is 0 Å². The van der Waals surface area contributed by atoms with Crippen molar-refractivity contribution in [1.29, 1.82) is 0 Å². The summed E-state index contributed by atoms with van der Waals surface area (Å²) in [5.41, 5.74) is 1.57. The Bertz CT molecular complexity index is 1020. The number of hydrogen-bond donors (Lipinski definition) is 0. The molecule has 1 saturated heterocycles. The van der Waals surface area contributed by atoms with Crippen LogP contribution in [-0.2, 0) is 20.0 Å². The van der Waals surface area contributed by atoms with Crippen molar-refractivity contribution in [2.24, 2.45) is 0 Å². The number of rotatable bonds is 4. The molecule has 142 valence electrons. The second kappa shape index (κ2) is 7.05. The Morgan fingerprint density at radius 1 is 0.808 bits per heavy atom. The van der Waals surface area contributed by atoms with E-state index in [0.29, 0.717) is 14.7 Å². The van der Waals surface area contributed by atoms with E-state index in [0.717, 1.165) is 10.4 Å². The highest BCUT2D eigenvalue weighted by Gasteiger charge is 2.34. The van der Waals surface area contributed by atoms with Crippen LogP contribution in [-0.4, -0.2) is 51.6 Å². The zero-order valence-corrected chi connectivity index (χ0v) is 17.4. The number of benzene rings is 1. The number of sulfonamides is 2. The largest absolute Gasteiger partial charge is 0.252 e. The predicted molar refractivity (Wildman–Crippen MR) is 102 cm³/mol. The molecule has 1 aromatic carbocycles. The van der Waals surface area contributed by atoms with E-state index in [2.05, 4.69) is 0 Å². The van der Waals surface area contributed by atoms with Crippen molar-refractivity contribution in [3.05, 3.63) is 46.3 Å². The number of hydrogen-bond acceptors (Lipinski definition) is 5. The zero-order chi connectivity index (χ0) is 19.1. The van der Waals surface area contributed by atoms with Crippen molar-refractivity contribution < 1.29 is 16.8 Å². The number of aryl methyl sites for hydroxylation is 3. The van der Waals surface area contributed by atoms with Crippen LogP contribution in [0.3, 0.4) is 0 Å². The number of piperazine rings is 1. The first-order chi connectivity index (χ1) is 12.1. The maximum Gasteiger partial charge on any atom is 0.252 e. The van der Waals surface area contributed by atoms with Crippen LogP contribution in [0.15, 0.2) is 39.4 Å². The standard InChI is InChI=1S/C17H22N2O4S3/c1-13-4-5-14(2)16(12-13)25(20,21)18-8-10-19(11-9-18)26(22,23)17-7-6-15(3)24-17/h4-7,12H,8-11H2,1-3H3. The maximum atomic E-state index is 12.9. The third kappa shape index (κ3) is 3.59. The van der Waals surface area contributed by atoms with Crippen LogP contribution in [0.25, 0.3) is 0 Å². The number of thiophene rings is 1. The lowest BCUT2D eigenvalue weighted by atomic mass is 10.2. The van der Waals surface area contributed by atoms with Crippen molar-refractivity contribution in [3.8, 4) is 0 Å². The molecule has 9 heteroatoms. The molecule has 0 saturated carbocycles. The predicted octanol–water partition coefficient (Wildman–Crippen LogP) is 2.37. The van der Waals surface area contributed by atoms with Crippen molar-refractivity contribution in [2.75, 3.05) is 26.2 Å². The van der Waals surface area contributed by atoms with E-state index in [-0.39, 0.29) is 26.2 Å². The summed E-state index contributed by atoms with van der Waals surface area (Å²) >= 11 is 1.23. The Hall–Kier alpha value is -1.26. The van der Waals surface area contributed by atoms with Gasteiger partial charge in [0.1, 0.15) is 4.21 Å². The van der Waals surface area contributed by atoms with Gasteiger partial charge in [-0.3, -0.25) is 0 Å².